The largest absolute Gasteiger partial charge is 0.461 e. The first-order valence-electron chi connectivity index (χ1n) is 9.57. The van der Waals surface area contributed by atoms with Crippen molar-refractivity contribution >= 4 is 0 Å². The molecule has 2 saturated heterocycles. The Kier molecular flexibility index (Phi) is 5.41. The number of nitrogens with zero attached hydrogens (tertiary/aromatic N) is 2. The Morgan fingerprint density at radius 2 is 1.92 bits per heavy atom. The van der Waals surface area contributed by atoms with Gasteiger partial charge in [-0.15, -0.1) is 0 Å². The zero-order chi connectivity index (χ0) is 17.9. The van der Waals surface area contributed by atoms with E-state index in [1.54, 1.807) is 0 Å². The third kappa shape index (κ3) is 3.86. The van der Waals surface area contributed by atoms with Gasteiger partial charge in [0, 0.05) is 25.2 Å². The van der Waals surface area contributed by atoms with Crippen molar-refractivity contribution in [3.8, 4) is 11.3 Å². The zero-order valence-corrected chi connectivity index (χ0v) is 15.4. The van der Waals surface area contributed by atoms with Crippen molar-refractivity contribution in [2.75, 3.05) is 39.4 Å². The molecule has 0 aliphatic carbocycles. The van der Waals surface area contributed by atoms with Gasteiger partial charge in [-0.3, -0.25) is 9.80 Å². The Morgan fingerprint density at radius 3 is 2.69 bits per heavy atom. The van der Waals surface area contributed by atoms with Crippen LogP contribution in [0.1, 0.15) is 17.7 Å². The Bertz CT molecular complexity index is 730. The second kappa shape index (κ2) is 7.92. The van der Waals surface area contributed by atoms with E-state index in [1.165, 1.54) is 11.1 Å². The van der Waals surface area contributed by atoms with Crippen molar-refractivity contribution in [2.24, 2.45) is 0 Å². The highest BCUT2D eigenvalue weighted by Crippen LogP contribution is 2.27. The molecule has 1 aromatic heterocycles. The first-order chi connectivity index (χ1) is 12.7. The molecule has 2 aliphatic rings. The molecule has 2 atom stereocenters. The van der Waals surface area contributed by atoms with Gasteiger partial charge < -0.3 is 14.3 Å². The van der Waals surface area contributed by atoms with E-state index in [9.17, 15) is 5.11 Å². The predicted octanol–water partition coefficient (Wildman–Crippen LogP) is 2.52. The third-order valence-electron chi connectivity index (χ3n) is 5.53. The van der Waals surface area contributed by atoms with E-state index in [2.05, 4.69) is 40.1 Å². The van der Waals surface area contributed by atoms with Gasteiger partial charge in [-0.1, -0.05) is 24.3 Å². The summed E-state index contributed by atoms with van der Waals surface area (Å²) in [6, 6.07) is 12.8. The number of rotatable bonds is 4. The molecule has 2 fully saturated rings. The highest BCUT2D eigenvalue weighted by Gasteiger charge is 2.32. The van der Waals surface area contributed by atoms with Crippen LogP contribution < -0.4 is 0 Å². The lowest BCUT2D eigenvalue weighted by Crippen LogP contribution is -2.44. The average molecular weight is 356 g/mol. The Morgan fingerprint density at radius 1 is 1.04 bits per heavy atom. The molecule has 0 unspecified atom stereocenters. The summed E-state index contributed by atoms with van der Waals surface area (Å²) in [5.74, 6) is 1.89. The number of aliphatic hydroxyl groups is 1. The van der Waals surface area contributed by atoms with Crippen molar-refractivity contribution < 1.29 is 14.3 Å². The highest BCUT2D eigenvalue weighted by atomic mass is 16.5. The van der Waals surface area contributed by atoms with Crippen LogP contribution in [0.3, 0.4) is 0 Å². The summed E-state index contributed by atoms with van der Waals surface area (Å²) in [6.07, 6.45) is 0.773. The minimum Gasteiger partial charge on any atom is -0.461 e. The summed E-state index contributed by atoms with van der Waals surface area (Å²) in [5, 5.41) is 10.1. The van der Waals surface area contributed by atoms with Crippen LogP contribution in [0.4, 0.5) is 0 Å². The predicted molar refractivity (Wildman–Crippen MR) is 101 cm³/mol. The third-order valence-corrected chi connectivity index (χ3v) is 5.53. The van der Waals surface area contributed by atoms with E-state index in [4.69, 9.17) is 9.15 Å². The second-order valence-corrected chi connectivity index (χ2v) is 7.41. The molecule has 0 amide bonds. The monoisotopic (exact) mass is 356 g/mol. The van der Waals surface area contributed by atoms with Gasteiger partial charge in [-0.25, -0.2) is 0 Å². The highest BCUT2D eigenvalue weighted by molar-refractivity contribution is 5.62. The number of hydrogen-bond donors (Lipinski definition) is 1. The number of hydrogen-bond acceptors (Lipinski definition) is 5. The van der Waals surface area contributed by atoms with Crippen LogP contribution in [0.2, 0.25) is 0 Å². The van der Waals surface area contributed by atoms with Crippen molar-refractivity contribution in [1.82, 2.24) is 9.80 Å². The van der Waals surface area contributed by atoms with Gasteiger partial charge in [0.1, 0.15) is 11.5 Å². The van der Waals surface area contributed by atoms with Gasteiger partial charge in [0.05, 0.1) is 25.4 Å². The van der Waals surface area contributed by atoms with Gasteiger partial charge in [0.15, 0.2) is 0 Å². The Labute approximate surface area is 155 Å². The van der Waals surface area contributed by atoms with E-state index < -0.39 is 0 Å². The van der Waals surface area contributed by atoms with Crippen LogP contribution in [0.25, 0.3) is 11.3 Å². The standard InChI is InChI=1S/C21H28N2O3/c1-16-7-8-21(26-16)18-6-3-2-5-17(18)13-22-9-4-10-23(12-11-22)19-14-25-15-20(19)24/h2-3,5-8,19-20,24H,4,9-15H2,1H3/t19-,20-/m0/s1. The van der Waals surface area contributed by atoms with E-state index in [0.717, 1.165) is 50.7 Å². The van der Waals surface area contributed by atoms with Crippen molar-refractivity contribution in [2.45, 2.75) is 32.0 Å². The van der Waals surface area contributed by atoms with Crippen LogP contribution in [0.15, 0.2) is 40.8 Å². The molecule has 0 spiro atoms. The number of aryl methyl sites for hydroxylation is 1. The molecule has 2 aliphatic heterocycles. The lowest BCUT2D eigenvalue weighted by Gasteiger charge is -2.28. The van der Waals surface area contributed by atoms with Gasteiger partial charge in [0.2, 0.25) is 0 Å². The number of furan rings is 1. The van der Waals surface area contributed by atoms with Crippen LogP contribution in [0, 0.1) is 6.92 Å². The minimum absolute atomic E-state index is 0.160. The van der Waals surface area contributed by atoms with Crippen molar-refractivity contribution in [1.29, 1.82) is 0 Å². The molecular weight excluding hydrogens is 328 g/mol. The zero-order valence-electron chi connectivity index (χ0n) is 15.4. The maximum Gasteiger partial charge on any atom is 0.134 e. The molecule has 0 saturated carbocycles. The molecule has 5 nitrogen and oxygen atoms in total. The molecule has 1 aromatic carbocycles. The van der Waals surface area contributed by atoms with Crippen LogP contribution in [-0.2, 0) is 11.3 Å². The summed E-state index contributed by atoms with van der Waals surface area (Å²) in [5.41, 5.74) is 2.49. The Balaban J connectivity index is 1.43. The van der Waals surface area contributed by atoms with E-state index in [-0.39, 0.29) is 12.1 Å². The maximum absolute atomic E-state index is 10.1. The second-order valence-electron chi connectivity index (χ2n) is 7.41. The molecule has 140 valence electrons. The fourth-order valence-corrected chi connectivity index (χ4v) is 4.08. The van der Waals surface area contributed by atoms with E-state index >= 15 is 0 Å². The molecule has 2 aromatic rings. The molecule has 0 bridgehead atoms. The molecular formula is C21H28N2O3. The number of aliphatic hydroxyl groups excluding tert-OH is 1. The summed E-state index contributed by atoms with van der Waals surface area (Å²) < 4.78 is 11.3. The summed E-state index contributed by atoms with van der Waals surface area (Å²) in [6.45, 7) is 8.13. The van der Waals surface area contributed by atoms with Crippen LogP contribution in [0.5, 0.6) is 0 Å². The fraction of sp³-hybridized carbons (Fsp3) is 0.524. The Hall–Kier alpha value is -1.66. The molecule has 1 N–H and O–H groups in total. The topological polar surface area (TPSA) is 49.1 Å². The van der Waals surface area contributed by atoms with Gasteiger partial charge in [-0.05, 0) is 44.1 Å². The molecule has 4 rings (SSSR count). The average Bonchev–Trinajstić information content (AvgIpc) is 3.19. The smallest absolute Gasteiger partial charge is 0.134 e. The van der Waals surface area contributed by atoms with Crippen molar-refractivity contribution in [3.63, 3.8) is 0 Å². The summed E-state index contributed by atoms with van der Waals surface area (Å²) >= 11 is 0. The fourth-order valence-electron chi connectivity index (χ4n) is 4.08. The first kappa shape index (κ1) is 17.7. The van der Waals surface area contributed by atoms with Crippen molar-refractivity contribution in [3.05, 3.63) is 47.7 Å². The van der Waals surface area contributed by atoms with Gasteiger partial charge in [-0.2, -0.15) is 0 Å². The quantitative estimate of drug-likeness (QED) is 0.912. The summed E-state index contributed by atoms with van der Waals surface area (Å²) in [7, 11) is 0. The molecule has 5 heteroatoms. The molecule has 26 heavy (non-hydrogen) atoms. The molecule has 0 radical (unpaired) electrons. The summed E-state index contributed by atoms with van der Waals surface area (Å²) in [4.78, 5) is 4.91. The lowest BCUT2D eigenvalue weighted by molar-refractivity contribution is 0.0837. The maximum atomic E-state index is 10.1. The van der Waals surface area contributed by atoms with E-state index in [1.807, 2.05) is 13.0 Å². The number of ether oxygens (including phenoxy) is 1. The lowest BCUT2D eigenvalue weighted by atomic mass is 10.0. The van der Waals surface area contributed by atoms with E-state index in [0.29, 0.717) is 13.2 Å². The SMILES string of the molecule is Cc1ccc(-c2ccccc2CN2CCCN([C@H]3COC[C@@H]3O)CC2)o1. The normalized spacial score (nSPS) is 25.5. The first-order valence-corrected chi connectivity index (χ1v) is 9.57. The van der Waals surface area contributed by atoms with Crippen LogP contribution >= 0.6 is 0 Å². The molecule has 3 heterocycles. The minimum atomic E-state index is -0.343. The number of benzene rings is 1. The van der Waals surface area contributed by atoms with Gasteiger partial charge in [0.25, 0.3) is 0 Å². The van der Waals surface area contributed by atoms with Gasteiger partial charge >= 0.3 is 0 Å². The van der Waals surface area contributed by atoms with Crippen LogP contribution in [-0.4, -0.2) is 66.4 Å².